The molecule has 3 rings (SSSR count). The van der Waals surface area contributed by atoms with Gasteiger partial charge in [0, 0.05) is 19.3 Å². The van der Waals surface area contributed by atoms with Crippen LogP contribution >= 0.6 is 0 Å². The minimum absolute atomic E-state index is 0.0568. The molecular formula is C19H20F2N2O4S. The number of halogens is 2. The molecule has 150 valence electrons. The van der Waals surface area contributed by atoms with E-state index in [4.69, 9.17) is 4.74 Å². The summed E-state index contributed by atoms with van der Waals surface area (Å²) in [5.74, 6) is 0.0568. The number of morpholine rings is 1. The fourth-order valence-electron chi connectivity index (χ4n) is 2.76. The fraction of sp³-hybridized carbons (Fsp3) is 0.316. The molecule has 28 heavy (non-hydrogen) atoms. The summed E-state index contributed by atoms with van der Waals surface area (Å²) >= 11 is 0. The molecule has 0 aliphatic carbocycles. The average molecular weight is 410 g/mol. The number of hydrogen-bond acceptors (Lipinski definition) is 5. The minimum atomic E-state index is -3.62. The number of ether oxygens (including phenoxy) is 2. The van der Waals surface area contributed by atoms with E-state index >= 15 is 0 Å². The zero-order valence-electron chi connectivity index (χ0n) is 15.2. The van der Waals surface area contributed by atoms with Gasteiger partial charge in [0.2, 0.25) is 10.0 Å². The summed E-state index contributed by atoms with van der Waals surface area (Å²) in [5.41, 5.74) is 1.78. The van der Waals surface area contributed by atoms with Gasteiger partial charge in [-0.05, 0) is 54.4 Å². The number of hydrogen-bond donors (Lipinski definition) is 0. The molecule has 0 saturated carbocycles. The third-order valence-corrected chi connectivity index (χ3v) is 6.27. The largest absolute Gasteiger partial charge is 0.435 e. The third kappa shape index (κ3) is 4.92. The summed E-state index contributed by atoms with van der Waals surface area (Å²) in [7, 11) is -3.62. The first kappa shape index (κ1) is 20.4. The van der Waals surface area contributed by atoms with Gasteiger partial charge in [0.15, 0.2) is 0 Å². The molecule has 0 bridgehead atoms. The van der Waals surface area contributed by atoms with E-state index in [0.717, 1.165) is 0 Å². The molecule has 9 heteroatoms. The van der Waals surface area contributed by atoms with E-state index in [9.17, 15) is 17.2 Å². The molecule has 1 aliphatic rings. The third-order valence-electron chi connectivity index (χ3n) is 4.23. The molecular weight excluding hydrogens is 390 g/mol. The molecule has 1 saturated heterocycles. The van der Waals surface area contributed by atoms with Crippen LogP contribution in [0.4, 0.5) is 14.5 Å². The van der Waals surface area contributed by atoms with Crippen LogP contribution in [0.1, 0.15) is 11.1 Å². The monoisotopic (exact) mass is 410 g/mol. The molecule has 0 aromatic heterocycles. The molecule has 1 fully saturated rings. The van der Waals surface area contributed by atoms with Gasteiger partial charge in [-0.15, -0.1) is 0 Å². The van der Waals surface area contributed by atoms with E-state index in [-0.39, 0.29) is 10.6 Å². The maximum Gasteiger partial charge on any atom is 0.387 e. The van der Waals surface area contributed by atoms with Crippen molar-refractivity contribution in [3.05, 3.63) is 53.6 Å². The predicted octanol–water partition coefficient (Wildman–Crippen LogP) is 3.37. The average Bonchev–Trinajstić information content (AvgIpc) is 2.68. The molecule has 0 unspecified atom stereocenters. The van der Waals surface area contributed by atoms with Crippen molar-refractivity contribution in [1.29, 1.82) is 0 Å². The molecule has 0 spiro atoms. The van der Waals surface area contributed by atoms with E-state index in [1.54, 1.807) is 31.2 Å². The second-order valence-corrected chi connectivity index (χ2v) is 8.08. The minimum Gasteiger partial charge on any atom is -0.435 e. The summed E-state index contributed by atoms with van der Waals surface area (Å²) < 4.78 is 61.1. The molecule has 0 amide bonds. The van der Waals surface area contributed by atoms with Crippen LogP contribution < -0.4 is 4.74 Å². The summed E-state index contributed by atoms with van der Waals surface area (Å²) in [4.78, 5) is 4.52. The van der Waals surface area contributed by atoms with Gasteiger partial charge in [0.25, 0.3) is 0 Å². The Balaban J connectivity index is 1.80. The number of rotatable bonds is 6. The van der Waals surface area contributed by atoms with Gasteiger partial charge in [-0.25, -0.2) is 8.42 Å². The van der Waals surface area contributed by atoms with Crippen molar-refractivity contribution >= 4 is 21.9 Å². The summed E-state index contributed by atoms with van der Waals surface area (Å²) in [6.07, 6.45) is 1.53. The zero-order chi connectivity index (χ0) is 20.1. The van der Waals surface area contributed by atoms with E-state index in [1.165, 1.54) is 28.7 Å². The van der Waals surface area contributed by atoms with Gasteiger partial charge >= 0.3 is 6.61 Å². The first-order valence-corrected chi connectivity index (χ1v) is 10.1. The molecule has 1 heterocycles. The van der Waals surface area contributed by atoms with Gasteiger partial charge < -0.3 is 9.47 Å². The quantitative estimate of drug-likeness (QED) is 0.685. The Labute approximate surface area is 162 Å². The SMILES string of the molecule is Cc1ccc(N=Cc2ccc(OC(F)F)cc2)cc1S(=O)(=O)N1CCOCC1. The highest BCUT2D eigenvalue weighted by molar-refractivity contribution is 7.89. The first-order chi connectivity index (χ1) is 13.4. The normalized spacial score (nSPS) is 16.0. The second kappa shape index (κ2) is 8.76. The molecule has 1 aliphatic heterocycles. The van der Waals surface area contributed by atoms with Crippen molar-refractivity contribution < 1.29 is 26.7 Å². The topological polar surface area (TPSA) is 68.2 Å². The number of benzene rings is 2. The first-order valence-electron chi connectivity index (χ1n) is 8.64. The summed E-state index contributed by atoms with van der Waals surface area (Å²) in [6, 6.07) is 11.0. The van der Waals surface area contributed by atoms with Crippen molar-refractivity contribution in [3.63, 3.8) is 0 Å². The Hall–Kier alpha value is -2.36. The lowest BCUT2D eigenvalue weighted by Crippen LogP contribution is -2.40. The second-order valence-electron chi connectivity index (χ2n) is 6.17. The highest BCUT2D eigenvalue weighted by Crippen LogP contribution is 2.26. The predicted molar refractivity (Wildman–Crippen MR) is 101 cm³/mol. The Kier molecular flexibility index (Phi) is 6.38. The van der Waals surface area contributed by atoms with Crippen molar-refractivity contribution in [2.45, 2.75) is 18.4 Å². The number of aliphatic imine (C=N–C) groups is 1. The highest BCUT2D eigenvalue weighted by atomic mass is 32.2. The van der Waals surface area contributed by atoms with E-state index in [1.807, 2.05) is 0 Å². The lowest BCUT2D eigenvalue weighted by molar-refractivity contribution is -0.0498. The maximum absolute atomic E-state index is 12.9. The standard InChI is InChI=1S/C19H20F2N2O4S/c1-14-2-5-16(12-18(14)28(24,25)23-8-10-26-11-9-23)22-13-15-3-6-17(7-4-15)27-19(20)21/h2-7,12-13,19H,8-11H2,1H3. The Morgan fingerprint density at radius 1 is 1.14 bits per heavy atom. The van der Waals surface area contributed by atoms with Crippen LogP contribution in [0, 0.1) is 6.92 Å². The van der Waals surface area contributed by atoms with Gasteiger partial charge in [-0.2, -0.15) is 13.1 Å². The van der Waals surface area contributed by atoms with Crippen LogP contribution in [0.2, 0.25) is 0 Å². The van der Waals surface area contributed by atoms with Gasteiger partial charge in [-0.3, -0.25) is 4.99 Å². The van der Waals surface area contributed by atoms with Crippen LogP contribution in [0.25, 0.3) is 0 Å². The van der Waals surface area contributed by atoms with E-state index < -0.39 is 16.6 Å². The molecule has 6 nitrogen and oxygen atoms in total. The fourth-order valence-corrected chi connectivity index (χ4v) is 4.41. The van der Waals surface area contributed by atoms with Crippen molar-refractivity contribution in [3.8, 4) is 5.75 Å². The zero-order valence-corrected chi connectivity index (χ0v) is 16.0. The van der Waals surface area contributed by atoms with Crippen LogP contribution in [0.3, 0.4) is 0 Å². The summed E-state index contributed by atoms with van der Waals surface area (Å²) in [5, 5.41) is 0. The van der Waals surface area contributed by atoms with Crippen molar-refractivity contribution in [2.24, 2.45) is 4.99 Å². The number of sulfonamides is 1. The van der Waals surface area contributed by atoms with Gasteiger partial charge in [-0.1, -0.05) is 6.07 Å². The van der Waals surface area contributed by atoms with Crippen LogP contribution in [0.5, 0.6) is 5.75 Å². The van der Waals surface area contributed by atoms with Crippen LogP contribution in [-0.2, 0) is 14.8 Å². The Bertz CT molecular complexity index is 941. The van der Waals surface area contributed by atoms with E-state index in [0.29, 0.717) is 43.1 Å². The molecule has 2 aromatic rings. The number of aryl methyl sites for hydroxylation is 1. The number of alkyl halides is 2. The molecule has 0 N–H and O–H groups in total. The van der Waals surface area contributed by atoms with Gasteiger partial charge in [0.05, 0.1) is 23.8 Å². The lowest BCUT2D eigenvalue weighted by Gasteiger charge is -2.26. The molecule has 0 atom stereocenters. The Morgan fingerprint density at radius 2 is 1.82 bits per heavy atom. The smallest absolute Gasteiger partial charge is 0.387 e. The molecule has 0 radical (unpaired) electrons. The van der Waals surface area contributed by atoms with Crippen molar-refractivity contribution in [2.75, 3.05) is 26.3 Å². The Morgan fingerprint density at radius 3 is 2.46 bits per heavy atom. The van der Waals surface area contributed by atoms with Crippen LogP contribution in [-0.4, -0.2) is 51.9 Å². The van der Waals surface area contributed by atoms with Crippen LogP contribution in [0.15, 0.2) is 52.4 Å². The number of nitrogens with zero attached hydrogens (tertiary/aromatic N) is 2. The lowest BCUT2D eigenvalue weighted by atomic mass is 10.2. The van der Waals surface area contributed by atoms with E-state index in [2.05, 4.69) is 9.73 Å². The highest BCUT2D eigenvalue weighted by Gasteiger charge is 2.27. The summed E-state index contributed by atoms with van der Waals surface area (Å²) in [6.45, 7) is 0.259. The molecule has 2 aromatic carbocycles. The van der Waals surface area contributed by atoms with Gasteiger partial charge in [0.1, 0.15) is 5.75 Å². The maximum atomic E-state index is 12.9. The van der Waals surface area contributed by atoms with Crippen molar-refractivity contribution in [1.82, 2.24) is 4.31 Å².